The van der Waals surface area contributed by atoms with E-state index in [0.717, 1.165) is 11.3 Å². The van der Waals surface area contributed by atoms with E-state index in [2.05, 4.69) is 5.32 Å². The van der Waals surface area contributed by atoms with Gasteiger partial charge in [-0.2, -0.15) is 0 Å². The number of hydrogen-bond acceptors (Lipinski definition) is 4. The maximum Gasteiger partial charge on any atom is 0.346 e. The Hall–Kier alpha value is -2.08. The third-order valence-corrected chi connectivity index (χ3v) is 3.77. The van der Waals surface area contributed by atoms with Gasteiger partial charge in [-0.3, -0.25) is 4.79 Å². The number of thiophene rings is 1. The minimum absolute atomic E-state index is 0.232. The number of carbonyl (C=O) groups is 2. The molecule has 2 rings (SSSR count). The highest BCUT2D eigenvalue weighted by Crippen LogP contribution is 2.27. The van der Waals surface area contributed by atoms with Crippen LogP contribution in [-0.2, 0) is 0 Å². The quantitative estimate of drug-likeness (QED) is 0.904. The first-order valence-electron chi connectivity index (χ1n) is 5.60. The first-order valence-corrected chi connectivity index (χ1v) is 6.42. The minimum atomic E-state index is -0.988. The summed E-state index contributed by atoms with van der Waals surface area (Å²) in [6, 6.07) is 3.30. The number of hydrogen-bond donors (Lipinski definition) is 2. The highest BCUT2D eigenvalue weighted by molar-refractivity contribution is 7.18. The molecule has 0 aromatic carbocycles. The Morgan fingerprint density at radius 3 is 2.42 bits per heavy atom. The van der Waals surface area contributed by atoms with Crippen molar-refractivity contribution in [2.75, 3.05) is 5.32 Å². The van der Waals surface area contributed by atoms with Gasteiger partial charge in [-0.15, -0.1) is 11.3 Å². The zero-order chi connectivity index (χ0) is 14.2. The lowest BCUT2D eigenvalue weighted by Gasteiger charge is -2.00. The molecule has 6 heteroatoms. The van der Waals surface area contributed by atoms with Gasteiger partial charge in [0, 0.05) is 0 Å². The number of aryl methyl sites for hydroxylation is 3. The summed E-state index contributed by atoms with van der Waals surface area (Å²) in [4.78, 5) is 23.2. The predicted molar refractivity (Wildman–Crippen MR) is 72.2 cm³/mol. The molecule has 0 aliphatic rings. The van der Waals surface area contributed by atoms with Crippen molar-refractivity contribution in [3.63, 3.8) is 0 Å². The van der Waals surface area contributed by atoms with E-state index in [1.54, 1.807) is 32.9 Å². The fourth-order valence-electron chi connectivity index (χ4n) is 1.79. The van der Waals surface area contributed by atoms with E-state index in [4.69, 9.17) is 9.52 Å². The van der Waals surface area contributed by atoms with Crippen LogP contribution in [0.4, 0.5) is 5.00 Å². The first kappa shape index (κ1) is 13.4. The van der Waals surface area contributed by atoms with Crippen molar-refractivity contribution in [1.82, 2.24) is 0 Å². The third kappa shape index (κ3) is 2.68. The Kier molecular flexibility index (Phi) is 3.44. The molecule has 2 N–H and O–H groups in total. The van der Waals surface area contributed by atoms with Crippen molar-refractivity contribution in [1.29, 1.82) is 0 Å². The van der Waals surface area contributed by atoms with Crippen molar-refractivity contribution < 1.29 is 19.1 Å². The molecule has 0 spiro atoms. The smallest absolute Gasteiger partial charge is 0.346 e. The lowest BCUT2D eigenvalue weighted by Crippen LogP contribution is -2.10. The van der Waals surface area contributed by atoms with Crippen LogP contribution in [0.2, 0.25) is 0 Å². The summed E-state index contributed by atoms with van der Waals surface area (Å²) in [7, 11) is 0. The second-order valence-electron chi connectivity index (χ2n) is 4.21. The van der Waals surface area contributed by atoms with Gasteiger partial charge in [-0.05, 0) is 38.5 Å². The van der Waals surface area contributed by atoms with Crippen LogP contribution in [0.25, 0.3) is 0 Å². The lowest BCUT2D eigenvalue weighted by atomic mass is 10.2. The molecule has 19 heavy (non-hydrogen) atoms. The number of carboxylic acids is 1. The first-order chi connectivity index (χ1) is 8.88. The molecule has 0 saturated carbocycles. The average Bonchev–Trinajstić information content (AvgIpc) is 2.81. The predicted octanol–water partition coefficient (Wildman–Crippen LogP) is 3.22. The zero-order valence-corrected chi connectivity index (χ0v) is 11.6. The molecule has 5 nitrogen and oxygen atoms in total. The number of rotatable bonds is 3. The molecule has 0 unspecified atom stereocenters. The topological polar surface area (TPSA) is 79.5 Å². The summed E-state index contributed by atoms with van der Waals surface area (Å²) < 4.78 is 5.29. The van der Waals surface area contributed by atoms with Gasteiger partial charge in [0.15, 0.2) is 0 Å². The monoisotopic (exact) mass is 279 g/mol. The van der Waals surface area contributed by atoms with Crippen LogP contribution >= 0.6 is 11.3 Å². The number of anilines is 1. The number of nitrogens with one attached hydrogen (secondary N) is 1. The van der Waals surface area contributed by atoms with Crippen LogP contribution in [0.3, 0.4) is 0 Å². The molecule has 2 aromatic rings. The molecule has 100 valence electrons. The maximum atomic E-state index is 12.0. The normalized spacial score (nSPS) is 10.5. The van der Waals surface area contributed by atoms with Crippen molar-refractivity contribution in [3.8, 4) is 0 Å². The lowest BCUT2D eigenvalue weighted by molar-refractivity contribution is 0.0701. The second-order valence-corrected chi connectivity index (χ2v) is 5.26. The zero-order valence-electron chi connectivity index (χ0n) is 10.7. The number of furan rings is 1. The molecule has 1 amide bonds. The van der Waals surface area contributed by atoms with Crippen LogP contribution in [-0.4, -0.2) is 17.0 Å². The van der Waals surface area contributed by atoms with Crippen LogP contribution < -0.4 is 5.32 Å². The van der Waals surface area contributed by atoms with Crippen LogP contribution in [0.1, 0.15) is 37.1 Å². The fourth-order valence-corrected chi connectivity index (χ4v) is 2.70. The fraction of sp³-hybridized carbons (Fsp3) is 0.231. The molecule has 2 aromatic heterocycles. The number of aromatic carboxylic acids is 1. The van der Waals surface area contributed by atoms with E-state index in [-0.39, 0.29) is 10.8 Å². The van der Waals surface area contributed by atoms with E-state index in [1.807, 2.05) is 0 Å². The Balaban J connectivity index is 2.22. The highest BCUT2D eigenvalue weighted by atomic mass is 32.1. The molecule has 0 saturated heterocycles. The molecule has 0 atom stereocenters. The second kappa shape index (κ2) is 4.89. The van der Waals surface area contributed by atoms with Gasteiger partial charge in [0.25, 0.3) is 5.91 Å². The molecular formula is C13H13NO4S. The Morgan fingerprint density at radius 1 is 1.26 bits per heavy atom. The molecule has 0 aliphatic carbocycles. The van der Waals surface area contributed by atoms with E-state index < -0.39 is 5.97 Å². The van der Waals surface area contributed by atoms with Gasteiger partial charge in [0.1, 0.15) is 16.4 Å². The van der Waals surface area contributed by atoms with E-state index in [9.17, 15) is 9.59 Å². The number of carbonyl (C=O) groups excluding carboxylic acids is 1. The van der Waals surface area contributed by atoms with Crippen molar-refractivity contribution in [2.24, 2.45) is 0 Å². The summed E-state index contributed by atoms with van der Waals surface area (Å²) in [6.07, 6.45) is 0. The molecule has 0 aliphatic heterocycles. The highest BCUT2D eigenvalue weighted by Gasteiger charge is 2.17. The van der Waals surface area contributed by atoms with Crippen molar-refractivity contribution in [2.45, 2.75) is 20.8 Å². The van der Waals surface area contributed by atoms with Gasteiger partial charge in [-0.25, -0.2) is 4.79 Å². The number of amides is 1. The SMILES string of the molecule is Cc1cc(C(=O)Nc2cc(C)c(C(=O)O)s2)c(C)o1. The summed E-state index contributed by atoms with van der Waals surface area (Å²) in [5, 5.41) is 12.2. The molecule has 2 heterocycles. The van der Waals surface area contributed by atoms with Gasteiger partial charge < -0.3 is 14.8 Å². The Bertz CT molecular complexity index is 654. The Labute approximate surface area is 113 Å². The van der Waals surface area contributed by atoms with Gasteiger partial charge in [-0.1, -0.05) is 0 Å². The molecule has 0 fully saturated rings. The van der Waals surface area contributed by atoms with E-state index in [0.29, 0.717) is 27.6 Å². The van der Waals surface area contributed by atoms with Gasteiger partial charge in [0.05, 0.1) is 10.6 Å². The van der Waals surface area contributed by atoms with Crippen molar-refractivity contribution in [3.05, 3.63) is 39.7 Å². The van der Waals surface area contributed by atoms with Gasteiger partial charge >= 0.3 is 5.97 Å². The maximum absolute atomic E-state index is 12.0. The van der Waals surface area contributed by atoms with Crippen LogP contribution in [0, 0.1) is 20.8 Å². The number of carboxylic acid groups (broad SMARTS) is 1. The summed E-state index contributed by atoms with van der Waals surface area (Å²) in [5.41, 5.74) is 1.09. The van der Waals surface area contributed by atoms with Crippen molar-refractivity contribution >= 4 is 28.2 Å². The molecule has 0 bridgehead atoms. The van der Waals surface area contributed by atoms with E-state index >= 15 is 0 Å². The Morgan fingerprint density at radius 2 is 1.95 bits per heavy atom. The summed E-state index contributed by atoms with van der Waals surface area (Å²) in [6.45, 7) is 5.18. The minimum Gasteiger partial charge on any atom is -0.477 e. The standard InChI is InChI=1S/C13H13NO4S/c1-6-4-10(19-11(6)13(16)17)14-12(15)9-5-7(2)18-8(9)3/h4-5H,1-3H3,(H,14,15)(H,16,17). The van der Waals surface area contributed by atoms with Crippen LogP contribution in [0.15, 0.2) is 16.5 Å². The third-order valence-electron chi connectivity index (χ3n) is 2.63. The average molecular weight is 279 g/mol. The van der Waals surface area contributed by atoms with Crippen LogP contribution in [0.5, 0.6) is 0 Å². The summed E-state index contributed by atoms with van der Waals surface area (Å²) in [5.74, 6) is -0.0798. The summed E-state index contributed by atoms with van der Waals surface area (Å²) >= 11 is 1.04. The molecule has 0 radical (unpaired) electrons. The van der Waals surface area contributed by atoms with E-state index in [1.165, 1.54) is 0 Å². The molecular weight excluding hydrogens is 266 g/mol. The van der Waals surface area contributed by atoms with Gasteiger partial charge in [0.2, 0.25) is 0 Å². The largest absolute Gasteiger partial charge is 0.477 e.